The van der Waals surface area contributed by atoms with Gasteiger partial charge in [-0.15, -0.1) is 0 Å². The fourth-order valence-electron chi connectivity index (χ4n) is 0.514. The van der Waals surface area contributed by atoms with Gasteiger partial charge in [0.05, 0.1) is 0 Å². The van der Waals surface area contributed by atoms with Gasteiger partial charge in [0.15, 0.2) is 4.77 Å². The second kappa shape index (κ2) is 2.14. The largest absolute Gasteiger partial charge is 0.391 e. The van der Waals surface area contributed by atoms with E-state index in [4.69, 9.17) is 11.5 Å². The summed E-state index contributed by atoms with van der Waals surface area (Å²) in [4.78, 5) is 15.5. The predicted molar refractivity (Wildman–Crippen MR) is 41.1 cm³/mol. The molecule has 0 aliphatic carbocycles. The lowest BCUT2D eigenvalue weighted by Crippen LogP contribution is -2.15. The monoisotopic (exact) mass is 159 g/mol. The van der Waals surface area contributed by atoms with Crippen LogP contribution in [0.15, 0.2) is 4.79 Å². The Morgan fingerprint density at radius 3 is 2.40 bits per heavy atom. The van der Waals surface area contributed by atoms with E-state index in [1.165, 1.54) is 0 Å². The highest BCUT2D eigenvalue weighted by atomic mass is 32.1. The van der Waals surface area contributed by atoms with E-state index in [0.29, 0.717) is 0 Å². The molecular formula is C4H6N4OS. The molecule has 0 unspecified atom stereocenters. The van der Waals surface area contributed by atoms with E-state index in [1.807, 2.05) is 0 Å². The number of H-pyrrole nitrogens is 2. The summed E-state index contributed by atoms with van der Waals surface area (Å²) in [5.41, 5.74) is 9.97. The Morgan fingerprint density at radius 2 is 1.90 bits per heavy atom. The molecule has 1 rings (SSSR count). The van der Waals surface area contributed by atoms with Gasteiger partial charge in [-0.25, -0.2) is 0 Å². The molecule has 5 nitrogen and oxygen atoms in total. The van der Waals surface area contributed by atoms with Crippen LogP contribution in [-0.2, 0) is 0 Å². The van der Waals surface area contributed by atoms with Crippen LogP contribution < -0.4 is 17.0 Å². The van der Waals surface area contributed by atoms with Crippen LogP contribution in [0.2, 0.25) is 0 Å². The van der Waals surface area contributed by atoms with Crippen LogP contribution in [0.5, 0.6) is 0 Å². The van der Waals surface area contributed by atoms with Crippen LogP contribution in [0.4, 0.5) is 11.5 Å². The lowest BCUT2D eigenvalue weighted by atomic mass is 10.5. The van der Waals surface area contributed by atoms with Crippen LogP contribution in [0.1, 0.15) is 0 Å². The SMILES string of the molecule is Nc1[nH][13c](=S)[nH]c(=O)c1N. The van der Waals surface area contributed by atoms with Crippen molar-refractivity contribution in [2.24, 2.45) is 0 Å². The van der Waals surface area contributed by atoms with E-state index in [0.717, 1.165) is 0 Å². The summed E-state index contributed by atoms with van der Waals surface area (Å²) in [6.07, 6.45) is 0. The van der Waals surface area contributed by atoms with Crippen molar-refractivity contribution in [2.75, 3.05) is 11.5 Å². The summed E-state index contributed by atoms with van der Waals surface area (Å²) in [5.74, 6) is 0.105. The highest BCUT2D eigenvalue weighted by Crippen LogP contribution is 1.99. The number of aromatic amines is 2. The predicted octanol–water partition coefficient (Wildman–Crippen LogP) is -0.403. The standard InChI is InChI=1S/C4H6N4OS/c5-1-2(6)7-4(10)8-3(1)9/h5H2,(H4,6,7,8,9,10)/i4+1. The summed E-state index contributed by atoms with van der Waals surface area (Å²) in [5, 5.41) is 0. The summed E-state index contributed by atoms with van der Waals surface area (Å²) < 4.78 is 0.178. The first-order valence-corrected chi connectivity index (χ1v) is 2.89. The van der Waals surface area contributed by atoms with Crippen molar-refractivity contribution >= 4 is 23.7 Å². The number of rotatable bonds is 0. The number of nitrogen functional groups attached to an aromatic ring is 2. The van der Waals surface area contributed by atoms with Crippen LogP contribution in [0.3, 0.4) is 0 Å². The Morgan fingerprint density at radius 1 is 1.30 bits per heavy atom. The van der Waals surface area contributed by atoms with Gasteiger partial charge in [-0.3, -0.25) is 9.78 Å². The molecule has 0 amide bonds. The van der Waals surface area contributed by atoms with Crippen molar-refractivity contribution in [1.82, 2.24) is 9.97 Å². The zero-order valence-electron chi connectivity index (χ0n) is 4.97. The second-order valence-corrected chi connectivity index (χ2v) is 2.14. The van der Waals surface area contributed by atoms with Crippen LogP contribution in [0.25, 0.3) is 0 Å². The molecule has 0 saturated carbocycles. The molecule has 0 aliphatic heterocycles. The number of hydrogen-bond donors (Lipinski definition) is 4. The molecule has 6 N–H and O–H groups in total. The lowest BCUT2D eigenvalue weighted by molar-refractivity contribution is 1.10. The molecule has 6 heteroatoms. The topological polar surface area (TPSA) is 101 Å². The number of nitrogens with two attached hydrogens (primary N) is 2. The Hall–Kier alpha value is -1.30. The molecule has 0 aromatic carbocycles. The van der Waals surface area contributed by atoms with E-state index >= 15 is 0 Å². The fraction of sp³-hybridized carbons (Fsp3) is 0. The molecule has 54 valence electrons. The number of hydrogen-bond acceptors (Lipinski definition) is 4. The molecule has 0 fully saturated rings. The van der Waals surface area contributed by atoms with Gasteiger partial charge in [0.2, 0.25) is 0 Å². The van der Waals surface area contributed by atoms with Crippen LogP contribution in [0, 0.1) is 4.77 Å². The number of nitrogens with one attached hydrogen (secondary N) is 2. The van der Waals surface area contributed by atoms with Gasteiger partial charge in [-0.1, -0.05) is 0 Å². The molecule has 0 bridgehead atoms. The van der Waals surface area contributed by atoms with Gasteiger partial charge in [0.1, 0.15) is 11.5 Å². The van der Waals surface area contributed by atoms with Crippen molar-refractivity contribution < 1.29 is 0 Å². The van der Waals surface area contributed by atoms with Gasteiger partial charge in [-0.2, -0.15) is 0 Å². The molecule has 0 aliphatic rings. The quantitative estimate of drug-likeness (QED) is 0.387. The maximum Gasteiger partial charge on any atom is 0.277 e. The van der Waals surface area contributed by atoms with Gasteiger partial charge in [-0.05, 0) is 12.2 Å². The van der Waals surface area contributed by atoms with Gasteiger partial charge >= 0.3 is 0 Å². The minimum atomic E-state index is -0.457. The summed E-state index contributed by atoms with van der Waals surface area (Å²) in [6, 6.07) is 0. The fourth-order valence-corrected chi connectivity index (χ4v) is 0.716. The van der Waals surface area contributed by atoms with Gasteiger partial charge in [0.25, 0.3) is 5.56 Å². The zero-order chi connectivity index (χ0) is 7.72. The van der Waals surface area contributed by atoms with Crippen molar-refractivity contribution in [2.45, 2.75) is 0 Å². The first-order valence-electron chi connectivity index (χ1n) is 2.49. The Labute approximate surface area is 61.1 Å². The Balaban J connectivity index is 3.62. The second-order valence-electron chi connectivity index (χ2n) is 1.74. The first kappa shape index (κ1) is 6.81. The van der Waals surface area contributed by atoms with Crippen molar-refractivity contribution in [1.29, 1.82) is 0 Å². The summed E-state index contributed by atoms with van der Waals surface area (Å²) in [7, 11) is 0. The number of aromatic nitrogens is 2. The molecule has 1 heterocycles. The lowest BCUT2D eigenvalue weighted by Gasteiger charge is -1.95. The molecular weight excluding hydrogens is 153 g/mol. The van der Waals surface area contributed by atoms with Crippen LogP contribution in [-0.4, -0.2) is 9.97 Å². The highest BCUT2D eigenvalue weighted by molar-refractivity contribution is 7.71. The minimum absolute atomic E-state index is 0.0337. The molecule has 1 aromatic heterocycles. The molecule has 0 spiro atoms. The molecule has 0 radical (unpaired) electrons. The summed E-state index contributed by atoms with van der Waals surface area (Å²) in [6.45, 7) is 0. The molecule has 0 saturated heterocycles. The zero-order valence-corrected chi connectivity index (χ0v) is 5.79. The van der Waals surface area contributed by atoms with E-state index in [-0.39, 0.29) is 16.3 Å². The van der Waals surface area contributed by atoms with Crippen molar-refractivity contribution in [3.8, 4) is 0 Å². The Kier molecular flexibility index (Phi) is 1.46. The summed E-state index contributed by atoms with van der Waals surface area (Å²) >= 11 is 4.60. The van der Waals surface area contributed by atoms with E-state index < -0.39 is 5.56 Å². The third-order valence-corrected chi connectivity index (χ3v) is 1.21. The first-order chi connectivity index (χ1) is 4.61. The number of anilines is 2. The molecule has 1 aromatic rings. The van der Waals surface area contributed by atoms with Gasteiger partial charge < -0.3 is 16.5 Å². The molecule has 0 atom stereocenters. The maximum atomic E-state index is 10.7. The normalized spacial score (nSPS) is 9.60. The third kappa shape index (κ3) is 1.01. The maximum absolute atomic E-state index is 10.7. The van der Waals surface area contributed by atoms with E-state index in [1.54, 1.807) is 0 Å². The molecule has 10 heavy (non-hydrogen) atoms. The van der Waals surface area contributed by atoms with Crippen molar-refractivity contribution in [3.05, 3.63) is 15.1 Å². The Bertz CT molecular complexity index is 351. The van der Waals surface area contributed by atoms with E-state index in [9.17, 15) is 4.79 Å². The van der Waals surface area contributed by atoms with Crippen LogP contribution >= 0.6 is 12.2 Å². The van der Waals surface area contributed by atoms with E-state index in [2.05, 4.69) is 22.2 Å². The smallest absolute Gasteiger partial charge is 0.277 e. The minimum Gasteiger partial charge on any atom is -0.391 e. The average molecular weight is 159 g/mol. The third-order valence-electron chi connectivity index (χ3n) is 1.01. The highest BCUT2D eigenvalue weighted by Gasteiger charge is 1.97. The van der Waals surface area contributed by atoms with Crippen molar-refractivity contribution in [3.63, 3.8) is 0 Å². The average Bonchev–Trinajstić information content (AvgIpc) is 1.82. The van der Waals surface area contributed by atoms with Gasteiger partial charge in [0, 0.05) is 0 Å².